The molecule has 0 radical (unpaired) electrons. The minimum atomic E-state index is -0.0759. The smallest absolute Gasteiger partial charge is 0.234 e. The highest BCUT2D eigenvalue weighted by Gasteiger charge is 2.15. The maximum atomic E-state index is 12.4. The molecule has 0 bridgehead atoms. The minimum absolute atomic E-state index is 0.0759. The number of amides is 1. The third kappa shape index (κ3) is 4.79. The third-order valence-corrected chi connectivity index (χ3v) is 6.50. The summed E-state index contributed by atoms with van der Waals surface area (Å²) >= 11 is 7.61. The lowest BCUT2D eigenvalue weighted by molar-refractivity contribution is -0.113. The van der Waals surface area contributed by atoms with Crippen molar-refractivity contribution < 1.29 is 4.79 Å². The summed E-state index contributed by atoms with van der Waals surface area (Å²) < 4.78 is 1.85. The molecule has 0 unspecified atom stereocenters. The molecule has 2 heterocycles. The molecule has 8 heteroatoms. The van der Waals surface area contributed by atoms with Crippen molar-refractivity contribution in [3.63, 3.8) is 0 Å². The highest BCUT2D eigenvalue weighted by Crippen LogP contribution is 2.28. The van der Waals surface area contributed by atoms with E-state index in [2.05, 4.69) is 32.5 Å². The first-order valence-electron chi connectivity index (χ1n) is 10.0. The Hall–Kier alpha value is -2.51. The number of hydrogen-bond acceptors (Lipinski definition) is 5. The number of hydrogen-bond donors (Lipinski definition) is 1. The van der Waals surface area contributed by atoms with Gasteiger partial charge in [0.05, 0.1) is 10.8 Å². The molecule has 0 saturated carbocycles. The number of anilines is 2. The lowest BCUT2D eigenvalue weighted by atomic mass is 10.1. The standard InChI is InChI=1S/C22H24ClN5OS/c1-27-21(18-7-3-4-8-19(18)23)25-26-22(27)30-15-20(29)24-16-9-11-17(12-10-16)28-13-5-2-6-14-28/h3-4,7-12H,2,5-6,13-15H2,1H3,(H,24,29). The summed E-state index contributed by atoms with van der Waals surface area (Å²) in [5.41, 5.74) is 2.84. The first-order chi connectivity index (χ1) is 14.6. The average molecular weight is 442 g/mol. The lowest BCUT2D eigenvalue weighted by Crippen LogP contribution is -2.29. The predicted molar refractivity (Wildman–Crippen MR) is 123 cm³/mol. The third-order valence-electron chi connectivity index (χ3n) is 5.15. The van der Waals surface area contributed by atoms with E-state index in [0.29, 0.717) is 16.0 Å². The largest absolute Gasteiger partial charge is 0.372 e. The van der Waals surface area contributed by atoms with Crippen molar-refractivity contribution in [3.8, 4) is 11.4 Å². The van der Waals surface area contributed by atoms with E-state index >= 15 is 0 Å². The van der Waals surface area contributed by atoms with Gasteiger partial charge in [0.25, 0.3) is 0 Å². The molecule has 2 aromatic carbocycles. The molecule has 3 aromatic rings. The predicted octanol–water partition coefficient (Wildman–Crippen LogP) is 4.86. The number of rotatable bonds is 6. The lowest BCUT2D eigenvalue weighted by Gasteiger charge is -2.28. The second kappa shape index (κ2) is 9.53. The van der Waals surface area contributed by atoms with Crippen molar-refractivity contribution in [2.45, 2.75) is 24.4 Å². The number of aromatic nitrogens is 3. The first-order valence-corrected chi connectivity index (χ1v) is 11.4. The van der Waals surface area contributed by atoms with Gasteiger partial charge in [0, 0.05) is 37.1 Å². The topological polar surface area (TPSA) is 63.1 Å². The highest BCUT2D eigenvalue weighted by molar-refractivity contribution is 7.99. The van der Waals surface area contributed by atoms with Gasteiger partial charge in [0.1, 0.15) is 0 Å². The molecule has 30 heavy (non-hydrogen) atoms. The van der Waals surface area contributed by atoms with Crippen LogP contribution >= 0.6 is 23.4 Å². The van der Waals surface area contributed by atoms with Crippen LogP contribution < -0.4 is 10.2 Å². The van der Waals surface area contributed by atoms with E-state index in [-0.39, 0.29) is 11.7 Å². The summed E-state index contributed by atoms with van der Waals surface area (Å²) in [5.74, 6) is 0.854. The fourth-order valence-electron chi connectivity index (χ4n) is 3.55. The number of carbonyl (C=O) groups excluding carboxylic acids is 1. The van der Waals surface area contributed by atoms with Gasteiger partial charge >= 0.3 is 0 Å². The van der Waals surface area contributed by atoms with Crippen LogP contribution in [0.25, 0.3) is 11.4 Å². The summed E-state index contributed by atoms with van der Waals surface area (Å²) in [6.07, 6.45) is 3.81. The fraction of sp³-hybridized carbons (Fsp3) is 0.318. The molecule has 1 aromatic heterocycles. The Balaban J connectivity index is 1.33. The number of benzene rings is 2. The molecule has 4 rings (SSSR count). The van der Waals surface area contributed by atoms with Crippen LogP contribution in [0.4, 0.5) is 11.4 Å². The van der Waals surface area contributed by atoms with E-state index < -0.39 is 0 Å². The monoisotopic (exact) mass is 441 g/mol. The van der Waals surface area contributed by atoms with Crippen molar-refractivity contribution in [1.82, 2.24) is 14.8 Å². The van der Waals surface area contributed by atoms with E-state index in [9.17, 15) is 4.79 Å². The Bertz CT molecular complexity index is 1010. The molecule has 1 fully saturated rings. The zero-order valence-corrected chi connectivity index (χ0v) is 18.4. The number of thioether (sulfide) groups is 1. The highest BCUT2D eigenvalue weighted by atomic mass is 35.5. The SMILES string of the molecule is Cn1c(SCC(=O)Nc2ccc(N3CCCCC3)cc2)nnc1-c1ccccc1Cl. The zero-order valence-electron chi connectivity index (χ0n) is 16.8. The quantitative estimate of drug-likeness (QED) is 0.553. The summed E-state index contributed by atoms with van der Waals surface area (Å²) in [5, 5.41) is 12.7. The average Bonchev–Trinajstić information content (AvgIpc) is 3.14. The molecule has 1 aliphatic heterocycles. The van der Waals surface area contributed by atoms with Crippen molar-refractivity contribution >= 4 is 40.6 Å². The summed E-state index contributed by atoms with van der Waals surface area (Å²) in [6.45, 7) is 2.21. The van der Waals surface area contributed by atoms with E-state index in [0.717, 1.165) is 24.3 Å². The maximum Gasteiger partial charge on any atom is 0.234 e. The van der Waals surface area contributed by atoms with Crippen molar-refractivity contribution in [2.24, 2.45) is 7.05 Å². The van der Waals surface area contributed by atoms with Crippen LogP contribution in [0.1, 0.15) is 19.3 Å². The number of piperidine rings is 1. The molecule has 1 N–H and O–H groups in total. The Morgan fingerprint density at radius 2 is 1.80 bits per heavy atom. The second-order valence-electron chi connectivity index (χ2n) is 7.28. The van der Waals surface area contributed by atoms with E-state index in [1.54, 1.807) is 0 Å². The molecule has 0 aliphatic carbocycles. The van der Waals surface area contributed by atoms with Crippen LogP contribution in [0.2, 0.25) is 5.02 Å². The normalized spacial score (nSPS) is 14.0. The molecule has 1 aliphatic rings. The van der Waals surface area contributed by atoms with Gasteiger partial charge in [0.2, 0.25) is 5.91 Å². The van der Waals surface area contributed by atoms with Gasteiger partial charge in [-0.1, -0.05) is 35.5 Å². The molecule has 1 saturated heterocycles. The van der Waals surface area contributed by atoms with Gasteiger partial charge < -0.3 is 14.8 Å². The van der Waals surface area contributed by atoms with Gasteiger partial charge in [-0.15, -0.1) is 10.2 Å². The summed E-state index contributed by atoms with van der Waals surface area (Å²) in [7, 11) is 1.87. The fourth-order valence-corrected chi connectivity index (χ4v) is 4.48. The minimum Gasteiger partial charge on any atom is -0.372 e. The molecule has 156 valence electrons. The van der Waals surface area contributed by atoms with Crippen LogP contribution in [0.5, 0.6) is 0 Å². The van der Waals surface area contributed by atoms with Gasteiger partial charge in [-0.2, -0.15) is 0 Å². The Morgan fingerprint density at radius 3 is 2.53 bits per heavy atom. The van der Waals surface area contributed by atoms with Crippen LogP contribution in [0.3, 0.4) is 0 Å². The molecule has 0 atom stereocenters. The van der Waals surface area contributed by atoms with Gasteiger partial charge in [-0.3, -0.25) is 4.79 Å². The number of nitrogens with zero attached hydrogens (tertiary/aromatic N) is 4. The number of carbonyl (C=O) groups is 1. The second-order valence-corrected chi connectivity index (χ2v) is 8.63. The Labute approximate surface area is 185 Å². The molecule has 1 amide bonds. The summed E-state index contributed by atoms with van der Waals surface area (Å²) in [6, 6.07) is 15.6. The van der Waals surface area contributed by atoms with Crippen molar-refractivity contribution in [2.75, 3.05) is 29.1 Å². The zero-order chi connectivity index (χ0) is 20.9. The molecular formula is C22H24ClN5OS. The van der Waals surface area contributed by atoms with Gasteiger partial charge in [-0.05, 0) is 55.7 Å². The van der Waals surface area contributed by atoms with E-state index in [1.807, 2.05) is 48.0 Å². The molecular weight excluding hydrogens is 418 g/mol. The van der Waals surface area contributed by atoms with Gasteiger partial charge in [-0.25, -0.2) is 0 Å². The van der Waals surface area contributed by atoms with Crippen molar-refractivity contribution in [1.29, 1.82) is 0 Å². The van der Waals surface area contributed by atoms with Crippen LogP contribution in [-0.4, -0.2) is 39.5 Å². The first kappa shape index (κ1) is 20.8. The van der Waals surface area contributed by atoms with Crippen LogP contribution in [0.15, 0.2) is 53.7 Å². The Kier molecular flexibility index (Phi) is 6.59. The number of nitrogens with one attached hydrogen (secondary N) is 1. The van der Waals surface area contributed by atoms with Gasteiger partial charge in [0.15, 0.2) is 11.0 Å². The van der Waals surface area contributed by atoms with E-state index in [1.165, 1.54) is 36.7 Å². The van der Waals surface area contributed by atoms with Crippen LogP contribution in [0, 0.1) is 0 Å². The molecule has 0 spiro atoms. The Morgan fingerprint density at radius 1 is 1.07 bits per heavy atom. The maximum absolute atomic E-state index is 12.4. The van der Waals surface area contributed by atoms with E-state index in [4.69, 9.17) is 11.6 Å². The number of halogens is 1. The molecule has 6 nitrogen and oxygen atoms in total. The summed E-state index contributed by atoms with van der Waals surface area (Å²) in [4.78, 5) is 14.8. The van der Waals surface area contributed by atoms with Crippen LogP contribution in [-0.2, 0) is 11.8 Å². The van der Waals surface area contributed by atoms with Crippen molar-refractivity contribution in [3.05, 3.63) is 53.6 Å².